The number of thioether (sulfide) groups is 1. The normalized spacial score (nSPS) is 11.9. The van der Waals surface area contributed by atoms with Crippen LogP contribution >= 0.6 is 11.8 Å². The molecule has 0 aliphatic heterocycles. The lowest BCUT2D eigenvalue weighted by Crippen LogP contribution is -2.22. The third-order valence-corrected chi connectivity index (χ3v) is 4.90. The highest BCUT2D eigenvalue weighted by Gasteiger charge is 2.21. The van der Waals surface area contributed by atoms with Gasteiger partial charge in [-0.2, -0.15) is 0 Å². The van der Waals surface area contributed by atoms with Gasteiger partial charge in [0.05, 0.1) is 17.1 Å². The van der Waals surface area contributed by atoms with E-state index in [2.05, 4.69) is 22.1 Å². The number of allylic oxidation sites excluding steroid dienone is 1. The largest absolute Gasteiger partial charge is 0.469 e. The van der Waals surface area contributed by atoms with Gasteiger partial charge < -0.3 is 9.73 Å². The van der Waals surface area contributed by atoms with E-state index in [1.165, 1.54) is 11.8 Å². The number of anilines is 1. The first-order valence-corrected chi connectivity index (χ1v) is 9.09. The van der Waals surface area contributed by atoms with Crippen molar-refractivity contribution >= 4 is 23.4 Å². The summed E-state index contributed by atoms with van der Waals surface area (Å²) in [5, 5.41) is 11.8. The Bertz CT molecular complexity index is 901. The number of hydrogen-bond acceptors (Lipinski definition) is 5. The second kappa shape index (κ2) is 8.05. The molecule has 2 aromatic heterocycles. The van der Waals surface area contributed by atoms with E-state index >= 15 is 0 Å². The molecule has 0 saturated carbocycles. The molecule has 0 fully saturated rings. The van der Waals surface area contributed by atoms with E-state index in [0.717, 1.165) is 17.0 Å². The maximum Gasteiger partial charge on any atom is 0.237 e. The van der Waals surface area contributed by atoms with E-state index in [0.29, 0.717) is 17.5 Å². The lowest BCUT2D eigenvalue weighted by molar-refractivity contribution is -0.115. The minimum Gasteiger partial charge on any atom is -0.469 e. The standard InChI is InChI=1S/C19H20N4O2S/c1-4-11-23-17(16-10-12-25-13(16)2)21-22-19(23)26-14(3)18(24)20-15-8-6-5-7-9-15/h4-10,12,14H,1,11H2,2-3H3,(H,20,24)/t14-/m0/s1. The molecule has 1 aromatic carbocycles. The fourth-order valence-corrected chi connectivity index (χ4v) is 3.32. The summed E-state index contributed by atoms with van der Waals surface area (Å²) >= 11 is 1.36. The number of aromatic nitrogens is 3. The molecule has 3 rings (SSSR count). The molecule has 26 heavy (non-hydrogen) atoms. The van der Waals surface area contributed by atoms with Gasteiger partial charge in [-0.3, -0.25) is 9.36 Å². The second-order valence-electron chi connectivity index (χ2n) is 5.71. The van der Waals surface area contributed by atoms with Crippen LogP contribution in [-0.2, 0) is 11.3 Å². The van der Waals surface area contributed by atoms with Crippen LogP contribution in [0, 0.1) is 6.92 Å². The molecule has 0 bridgehead atoms. The van der Waals surface area contributed by atoms with Crippen molar-refractivity contribution in [2.75, 3.05) is 5.32 Å². The van der Waals surface area contributed by atoms with E-state index < -0.39 is 0 Å². The van der Waals surface area contributed by atoms with Crippen LogP contribution in [0.4, 0.5) is 5.69 Å². The summed E-state index contributed by atoms with van der Waals surface area (Å²) < 4.78 is 7.30. The van der Waals surface area contributed by atoms with Crippen LogP contribution < -0.4 is 5.32 Å². The molecule has 1 N–H and O–H groups in total. The highest BCUT2D eigenvalue weighted by molar-refractivity contribution is 8.00. The van der Waals surface area contributed by atoms with Crippen LogP contribution in [0.5, 0.6) is 0 Å². The zero-order chi connectivity index (χ0) is 18.5. The summed E-state index contributed by atoms with van der Waals surface area (Å²) in [7, 11) is 0. The summed E-state index contributed by atoms with van der Waals surface area (Å²) in [5.74, 6) is 1.39. The van der Waals surface area contributed by atoms with Gasteiger partial charge in [-0.1, -0.05) is 36.0 Å². The lowest BCUT2D eigenvalue weighted by atomic mass is 10.2. The molecule has 0 saturated heterocycles. The molecular formula is C19H20N4O2S. The van der Waals surface area contributed by atoms with Crippen LogP contribution in [0.1, 0.15) is 12.7 Å². The number of furan rings is 1. The molecule has 0 unspecified atom stereocenters. The average Bonchev–Trinajstić information content (AvgIpc) is 3.22. The Morgan fingerprint density at radius 1 is 1.35 bits per heavy atom. The van der Waals surface area contributed by atoms with Gasteiger partial charge in [0.2, 0.25) is 5.91 Å². The lowest BCUT2D eigenvalue weighted by Gasteiger charge is -2.12. The predicted octanol–water partition coefficient (Wildman–Crippen LogP) is 4.15. The van der Waals surface area contributed by atoms with Gasteiger partial charge in [-0.25, -0.2) is 0 Å². The molecular weight excluding hydrogens is 348 g/mol. The van der Waals surface area contributed by atoms with Crippen molar-refractivity contribution < 1.29 is 9.21 Å². The zero-order valence-corrected chi connectivity index (χ0v) is 15.5. The van der Waals surface area contributed by atoms with Crippen molar-refractivity contribution in [2.45, 2.75) is 30.8 Å². The fourth-order valence-electron chi connectivity index (χ4n) is 2.46. The van der Waals surface area contributed by atoms with Gasteiger partial charge in [0.15, 0.2) is 11.0 Å². The molecule has 0 radical (unpaired) electrons. The van der Waals surface area contributed by atoms with E-state index in [1.807, 2.05) is 54.8 Å². The summed E-state index contributed by atoms with van der Waals surface area (Å²) in [6.45, 7) is 8.07. The number of nitrogens with zero attached hydrogens (tertiary/aromatic N) is 3. The summed E-state index contributed by atoms with van der Waals surface area (Å²) in [4.78, 5) is 12.5. The van der Waals surface area contributed by atoms with Gasteiger partial charge in [0.25, 0.3) is 0 Å². The zero-order valence-electron chi connectivity index (χ0n) is 14.7. The van der Waals surface area contributed by atoms with E-state index in [-0.39, 0.29) is 11.2 Å². The average molecular weight is 368 g/mol. The molecule has 6 nitrogen and oxygen atoms in total. The maximum absolute atomic E-state index is 12.5. The van der Waals surface area contributed by atoms with Crippen molar-refractivity contribution in [2.24, 2.45) is 0 Å². The van der Waals surface area contributed by atoms with Crippen molar-refractivity contribution in [3.05, 3.63) is 61.1 Å². The smallest absolute Gasteiger partial charge is 0.237 e. The summed E-state index contributed by atoms with van der Waals surface area (Å²) in [5.41, 5.74) is 1.65. The Balaban J connectivity index is 1.78. The first kappa shape index (κ1) is 18.0. The predicted molar refractivity (Wildman–Crippen MR) is 103 cm³/mol. The number of amides is 1. The molecule has 0 spiro atoms. The van der Waals surface area contributed by atoms with Crippen molar-refractivity contribution in [3.8, 4) is 11.4 Å². The fraction of sp³-hybridized carbons (Fsp3) is 0.211. The Morgan fingerprint density at radius 3 is 2.77 bits per heavy atom. The van der Waals surface area contributed by atoms with Crippen molar-refractivity contribution in [1.82, 2.24) is 14.8 Å². The topological polar surface area (TPSA) is 73.0 Å². The number of aryl methyl sites for hydroxylation is 1. The number of hydrogen-bond donors (Lipinski definition) is 1. The minimum absolute atomic E-state index is 0.0876. The number of para-hydroxylation sites is 1. The van der Waals surface area contributed by atoms with Gasteiger partial charge >= 0.3 is 0 Å². The molecule has 134 valence electrons. The van der Waals surface area contributed by atoms with Crippen molar-refractivity contribution in [3.63, 3.8) is 0 Å². The first-order chi connectivity index (χ1) is 12.6. The third kappa shape index (κ3) is 3.88. The Labute approximate surface area is 156 Å². The summed E-state index contributed by atoms with van der Waals surface area (Å²) in [6.07, 6.45) is 3.40. The number of nitrogens with one attached hydrogen (secondary N) is 1. The molecule has 1 amide bonds. The monoisotopic (exact) mass is 368 g/mol. The van der Waals surface area contributed by atoms with E-state index in [9.17, 15) is 4.79 Å². The molecule has 7 heteroatoms. The molecule has 3 aromatic rings. The van der Waals surface area contributed by atoms with Crippen LogP contribution in [0.3, 0.4) is 0 Å². The number of carbonyl (C=O) groups is 1. The van der Waals surface area contributed by atoms with Gasteiger partial charge in [0, 0.05) is 12.2 Å². The summed E-state index contributed by atoms with van der Waals surface area (Å²) in [6, 6.07) is 11.2. The van der Waals surface area contributed by atoms with Gasteiger partial charge in [-0.05, 0) is 32.0 Å². The minimum atomic E-state index is -0.332. The van der Waals surface area contributed by atoms with Crippen LogP contribution in [0.15, 0.2) is 64.9 Å². The Hall–Kier alpha value is -2.80. The molecule has 0 aliphatic carbocycles. The highest BCUT2D eigenvalue weighted by atomic mass is 32.2. The van der Waals surface area contributed by atoms with Crippen LogP contribution in [0.2, 0.25) is 0 Å². The second-order valence-corrected chi connectivity index (χ2v) is 7.02. The number of benzene rings is 1. The highest BCUT2D eigenvalue weighted by Crippen LogP contribution is 2.29. The SMILES string of the molecule is C=CCn1c(S[C@@H](C)C(=O)Nc2ccccc2)nnc1-c1ccoc1C. The van der Waals surface area contributed by atoms with Crippen LogP contribution in [0.25, 0.3) is 11.4 Å². The Kier molecular flexibility index (Phi) is 5.58. The number of carbonyl (C=O) groups excluding carboxylic acids is 1. The third-order valence-electron chi connectivity index (χ3n) is 3.82. The van der Waals surface area contributed by atoms with E-state index in [1.54, 1.807) is 12.3 Å². The number of rotatable bonds is 7. The van der Waals surface area contributed by atoms with Crippen molar-refractivity contribution in [1.29, 1.82) is 0 Å². The van der Waals surface area contributed by atoms with Crippen LogP contribution in [-0.4, -0.2) is 25.9 Å². The Morgan fingerprint density at radius 2 is 2.12 bits per heavy atom. The quantitative estimate of drug-likeness (QED) is 0.501. The van der Waals surface area contributed by atoms with Gasteiger partial charge in [-0.15, -0.1) is 16.8 Å². The molecule has 1 atom stereocenters. The molecule has 0 aliphatic rings. The van der Waals surface area contributed by atoms with E-state index in [4.69, 9.17) is 4.42 Å². The maximum atomic E-state index is 12.5. The van der Waals surface area contributed by atoms with Gasteiger partial charge in [0.1, 0.15) is 5.76 Å². The molecule has 2 heterocycles. The first-order valence-electron chi connectivity index (χ1n) is 8.21.